The van der Waals surface area contributed by atoms with Crippen LogP contribution in [0.2, 0.25) is 0 Å². The number of hydrogen-bond acceptors (Lipinski definition) is 5. The quantitative estimate of drug-likeness (QED) is 0.433. The van der Waals surface area contributed by atoms with Gasteiger partial charge in [0, 0.05) is 19.0 Å². The fourth-order valence-electron chi connectivity index (χ4n) is 1.36. The fourth-order valence-corrected chi connectivity index (χ4v) is 2.60. The van der Waals surface area contributed by atoms with Gasteiger partial charge >= 0.3 is 5.97 Å². The number of nitrogens with one attached hydrogen (secondary N) is 1. The molecule has 8 nitrogen and oxygen atoms in total. The van der Waals surface area contributed by atoms with Gasteiger partial charge in [0.2, 0.25) is 10.0 Å². The summed E-state index contributed by atoms with van der Waals surface area (Å²) in [5.41, 5.74) is -0.520. The molecule has 0 saturated carbocycles. The van der Waals surface area contributed by atoms with E-state index in [4.69, 9.17) is 5.11 Å². The van der Waals surface area contributed by atoms with E-state index < -0.39 is 31.5 Å². The number of aliphatic carboxylic acids is 1. The predicted octanol–water partition coefficient (Wildman–Crippen LogP) is 0.738. The average Bonchev–Trinajstić information content (AvgIpc) is 2.34. The van der Waals surface area contributed by atoms with Gasteiger partial charge in [0.1, 0.15) is 0 Å². The van der Waals surface area contributed by atoms with Crippen molar-refractivity contribution < 1.29 is 23.2 Å². The van der Waals surface area contributed by atoms with Crippen LogP contribution < -0.4 is 4.72 Å². The molecule has 0 radical (unpaired) electrons. The zero-order valence-corrected chi connectivity index (χ0v) is 10.6. The Morgan fingerprint density at radius 1 is 1.37 bits per heavy atom. The summed E-state index contributed by atoms with van der Waals surface area (Å²) in [5.74, 6) is -1.04. The molecule has 104 valence electrons. The molecular formula is C10H12N2O6S. The Bertz CT molecular complexity index is 583. The maximum atomic E-state index is 11.8. The Kier molecular flexibility index (Phi) is 4.95. The Morgan fingerprint density at radius 2 is 2.00 bits per heavy atom. The number of para-hydroxylation sites is 1. The number of nitrogens with zero attached hydrogens (tertiary/aromatic N) is 1. The normalized spacial score (nSPS) is 11.2. The Labute approximate surface area is 109 Å². The van der Waals surface area contributed by atoms with E-state index in [0.717, 1.165) is 12.1 Å². The van der Waals surface area contributed by atoms with Crippen LogP contribution in [0.25, 0.3) is 0 Å². The van der Waals surface area contributed by atoms with Crippen molar-refractivity contribution in [3.8, 4) is 0 Å². The molecule has 1 rings (SSSR count). The number of carboxylic acids is 1. The third-order valence-corrected chi connectivity index (χ3v) is 3.72. The monoisotopic (exact) mass is 288 g/mol. The Hall–Kier alpha value is -2.00. The molecule has 2 N–H and O–H groups in total. The number of nitro groups is 1. The Morgan fingerprint density at radius 3 is 2.58 bits per heavy atom. The van der Waals surface area contributed by atoms with Gasteiger partial charge in [-0.1, -0.05) is 12.1 Å². The number of nitro benzene ring substituents is 1. The number of carbonyl (C=O) groups is 1. The number of carboxylic acid groups (broad SMARTS) is 1. The fraction of sp³-hybridized carbons (Fsp3) is 0.300. The second kappa shape index (κ2) is 6.25. The molecule has 0 heterocycles. The van der Waals surface area contributed by atoms with E-state index in [2.05, 4.69) is 4.72 Å². The van der Waals surface area contributed by atoms with Crippen LogP contribution >= 0.6 is 0 Å². The third kappa shape index (κ3) is 4.30. The van der Waals surface area contributed by atoms with Gasteiger partial charge in [-0.3, -0.25) is 14.9 Å². The van der Waals surface area contributed by atoms with E-state index in [9.17, 15) is 23.3 Å². The van der Waals surface area contributed by atoms with E-state index in [-0.39, 0.29) is 19.4 Å². The lowest BCUT2D eigenvalue weighted by Gasteiger charge is -2.06. The molecule has 0 fully saturated rings. The van der Waals surface area contributed by atoms with Gasteiger partial charge in [0.25, 0.3) is 5.69 Å². The van der Waals surface area contributed by atoms with Crippen LogP contribution in [0, 0.1) is 10.1 Å². The molecule has 9 heteroatoms. The highest BCUT2D eigenvalue weighted by molar-refractivity contribution is 7.89. The maximum absolute atomic E-state index is 11.8. The van der Waals surface area contributed by atoms with E-state index in [0.29, 0.717) is 0 Å². The summed E-state index contributed by atoms with van der Waals surface area (Å²) < 4.78 is 25.8. The molecule has 0 unspecified atom stereocenters. The van der Waals surface area contributed by atoms with Crippen LogP contribution in [-0.4, -0.2) is 31.0 Å². The topological polar surface area (TPSA) is 127 Å². The van der Waals surface area contributed by atoms with Crippen molar-refractivity contribution in [2.45, 2.75) is 17.7 Å². The van der Waals surface area contributed by atoms with Crippen molar-refractivity contribution in [3.05, 3.63) is 34.4 Å². The molecule has 0 amide bonds. The molecule has 1 aromatic rings. The smallest absolute Gasteiger partial charge is 0.303 e. The molecule has 0 aliphatic rings. The van der Waals surface area contributed by atoms with E-state index >= 15 is 0 Å². The molecule has 0 aliphatic carbocycles. The molecule has 1 aromatic carbocycles. The lowest BCUT2D eigenvalue weighted by Crippen LogP contribution is -2.25. The van der Waals surface area contributed by atoms with E-state index in [1.54, 1.807) is 0 Å². The molecule has 0 aromatic heterocycles. The molecule has 0 saturated heterocycles. The van der Waals surface area contributed by atoms with Crippen LogP contribution in [-0.2, 0) is 14.8 Å². The summed E-state index contributed by atoms with van der Waals surface area (Å²) in [4.78, 5) is 19.8. The molecule has 0 atom stereocenters. The third-order valence-electron chi connectivity index (χ3n) is 2.21. The molecule has 0 bridgehead atoms. The summed E-state index contributed by atoms with van der Waals surface area (Å²) in [6.07, 6.45) is -0.0748. The molecule has 19 heavy (non-hydrogen) atoms. The Balaban J connectivity index is 2.83. The zero-order chi connectivity index (χ0) is 14.5. The molecule has 0 spiro atoms. The van der Waals surface area contributed by atoms with Crippen LogP contribution in [0.4, 0.5) is 5.69 Å². The molecule has 0 aliphatic heterocycles. The van der Waals surface area contributed by atoms with Crippen LogP contribution in [0.3, 0.4) is 0 Å². The summed E-state index contributed by atoms with van der Waals surface area (Å²) >= 11 is 0. The van der Waals surface area contributed by atoms with Gasteiger partial charge < -0.3 is 5.11 Å². The SMILES string of the molecule is O=C(O)CCCNS(=O)(=O)c1ccccc1[N+](=O)[O-]. The van der Waals surface area contributed by atoms with Crippen molar-refractivity contribution in [2.24, 2.45) is 0 Å². The number of sulfonamides is 1. The summed E-state index contributed by atoms with van der Waals surface area (Å²) in [5, 5.41) is 19.1. The average molecular weight is 288 g/mol. The minimum Gasteiger partial charge on any atom is -0.481 e. The van der Waals surface area contributed by atoms with Crippen molar-refractivity contribution >= 4 is 21.7 Å². The van der Waals surface area contributed by atoms with Crippen LogP contribution in [0.5, 0.6) is 0 Å². The lowest BCUT2D eigenvalue weighted by molar-refractivity contribution is -0.387. The highest BCUT2D eigenvalue weighted by Gasteiger charge is 2.24. The first-order valence-electron chi connectivity index (χ1n) is 5.29. The van der Waals surface area contributed by atoms with Gasteiger partial charge in [-0.25, -0.2) is 13.1 Å². The predicted molar refractivity (Wildman–Crippen MR) is 65.2 cm³/mol. The largest absolute Gasteiger partial charge is 0.481 e. The van der Waals surface area contributed by atoms with Gasteiger partial charge in [-0.15, -0.1) is 0 Å². The first-order chi connectivity index (χ1) is 8.84. The maximum Gasteiger partial charge on any atom is 0.303 e. The summed E-state index contributed by atoms with van der Waals surface area (Å²) in [7, 11) is -4.02. The number of hydrogen-bond donors (Lipinski definition) is 2. The van der Waals surface area contributed by atoms with Gasteiger partial charge in [0.15, 0.2) is 4.90 Å². The number of benzene rings is 1. The van der Waals surface area contributed by atoms with Crippen molar-refractivity contribution in [3.63, 3.8) is 0 Å². The van der Waals surface area contributed by atoms with Crippen molar-refractivity contribution in [1.82, 2.24) is 4.72 Å². The second-order valence-electron chi connectivity index (χ2n) is 3.62. The van der Waals surface area contributed by atoms with Crippen molar-refractivity contribution in [2.75, 3.05) is 6.54 Å². The van der Waals surface area contributed by atoms with Gasteiger partial charge in [-0.05, 0) is 12.5 Å². The minimum atomic E-state index is -4.02. The van der Waals surface area contributed by atoms with Gasteiger partial charge in [0.05, 0.1) is 4.92 Å². The summed E-state index contributed by atoms with van der Waals surface area (Å²) in [6, 6.07) is 4.95. The highest BCUT2D eigenvalue weighted by atomic mass is 32.2. The van der Waals surface area contributed by atoms with Crippen LogP contribution in [0.15, 0.2) is 29.2 Å². The summed E-state index contributed by atoms with van der Waals surface area (Å²) in [6.45, 7) is -0.0965. The van der Waals surface area contributed by atoms with Crippen LogP contribution in [0.1, 0.15) is 12.8 Å². The lowest BCUT2D eigenvalue weighted by atomic mass is 10.3. The molecular weight excluding hydrogens is 276 g/mol. The van der Waals surface area contributed by atoms with Gasteiger partial charge in [-0.2, -0.15) is 0 Å². The van der Waals surface area contributed by atoms with E-state index in [1.807, 2.05) is 0 Å². The number of rotatable bonds is 7. The minimum absolute atomic E-state index is 0.0965. The standard InChI is InChI=1S/C10H12N2O6S/c13-10(14)6-3-7-11-19(17,18)9-5-2-1-4-8(9)12(15)16/h1-2,4-5,11H,3,6-7H2,(H,13,14). The first-order valence-corrected chi connectivity index (χ1v) is 6.78. The first kappa shape index (κ1) is 15.1. The zero-order valence-electron chi connectivity index (χ0n) is 9.77. The van der Waals surface area contributed by atoms with Crippen molar-refractivity contribution in [1.29, 1.82) is 0 Å². The van der Waals surface area contributed by atoms with E-state index in [1.165, 1.54) is 12.1 Å². The highest BCUT2D eigenvalue weighted by Crippen LogP contribution is 2.22. The second-order valence-corrected chi connectivity index (χ2v) is 5.36.